The van der Waals surface area contributed by atoms with Crippen LogP contribution in [0.15, 0.2) is 24.7 Å². The second kappa shape index (κ2) is 5.42. The van der Waals surface area contributed by atoms with Crippen molar-refractivity contribution in [2.24, 2.45) is 0 Å². The van der Waals surface area contributed by atoms with Crippen molar-refractivity contribution >= 4 is 11.3 Å². The van der Waals surface area contributed by atoms with E-state index >= 15 is 0 Å². The summed E-state index contributed by atoms with van der Waals surface area (Å²) >= 11 is 1.74. The minimum Gasteiger partial charge on any atom is -0.307 e. The lowest BCUT2D eigenvalue weighted by molar-refractivity contribution is 0.366. The number of nitrogens with zero attached hydrogens (tertiary/aromatic N) is 3. The quantitative estimate of drug-likeness (QED) is 0.886. The van der Waals surface area contributed by atoms with Crippen LogP contribution in [0.5, 0.6) is 0 Å². The third kappa shape index (κ3) is 3.14. The molecule has 0 unspecified atom stereocenters. The van der Waals surface area contributed by atoms with Crippen molar-refractivity contribution in [1.29, 1.82) is 0 Å². The van der Waals surface area contributed by atoms with E-state index in [2.05, 4.69) is 29.2 Å². The molecule has 2 atom stereocenters. The fourth-order valence-corrected chi connectivity index (χ4v) is 2.42. The second-order valence-electron chi connectivity index (χ2n) is 4.24. The van der Waals surface area contributed by atoms with Gasteiger partial charge in [-0.25, -0.2) is 4.98 Å². The molecule has 0 aromatic carbocycles. The highest BCUT2D eigenvalue weighted by atomic mass is 32.1. The van der Waals surface area contributed by atoms with Crippen molar-refractivity contribution in [1.82, 2.24) is 20.1 Å². The summed E-state index contributed by atoms with van der Waals surface area (Å²) < 4.78 is 1.98. The summed E-state index contributed by atoms with van der Waals surface area (Å²) in [6.45, 7) is 7.26. The molecule has 92 valence electrons. The van der Waals surface area contributed by atoms with Crippen LogP contribution in [-0.4, -0.2) is 20.8 Å². The zero-order chi connectivity index (χ0) is 12.3. The van der Waals surface area contributed by atoms with Gasteiger partial charge in [-0.3, -0.25) is 4.68 Å². The SMILES string of the molecule is Cc1ncc(CN[C@H](C)[C@H](C)n2cccn2)s1. The molecule has 0 radical (unpaired) electrons. The zero-order valence-corrected chi connectivity index (χ0v) is 11.2. The molecule has 2 aromatic heterocycles. The average molecular weight is 250 g/mol. The Bertz CT molecular complexity index is 449. The van der Waals surface area contributed by atoms with Crippen LogP contribution in [-0.2, 0) is 6.54 Å². The summed E-state index contributed by atoms with van der Waals surface area (Å²) in [5.74, 6) is 0. The maximum absolute atomic E-state index is 4.26. The van der Waals surface area contributed by atoms with Gasteiger partial charge in [-0.2, -0.15) is 5.10 Å². The highest BCUT2D eigenvalue weighted by molar-refractivity contribution is 7.11. The zero-order valence-electron chi connectivity index (χ0n) is 10.4. The van der Waals surface area contributed by atoms with E-state index in [9.17, 15) is 0 Å². The highest BCUT2D eigenvalue weighted by Crippen LogP contribution is 2.13. The van der Waals surface area contributed by atoms with Gasteiger partial charge < -0.3 is 5.32 Å². The van der Waals surface area contributed by atoms with Crippen LogP contribution in [0.25, 0.3) is 0 Å². The van der Waals surface area contributed by atoms with E-state index in [1.807, 2.05) is 36.3 Å². The fourth-order valence-electron chi connectivity index (χ4n) is 1.67. The molecule has 2 rings (SSSR count). The molecule has 0 amide bonds. The Morgan fingerprint density at radius 3 is 2.88 bits per heavy atom. The number of aromatic nitrogens is 3. The molecule has 0 bridgehead atoms. The topological polar surface area (TPSA) is 42.7 Å². The first-order chi connectivity index (χ1) is 8.16. The Hall–Kier alpha value is -1.20. The summed E-state index contributed by atoms with van der Waals surface area (Å²) in [6, 6.07) is 2.67. The standard InChI is InChI=1S/C12H18N4S/c1-9(10(2)16-6-4-5-15-16)13-7-12-8-14-11(3)17-12/h4-6,8-10,13H,7H2,1-3H3/t9-,10+/m1/s1. The molecule has 4 nitrogen and oxygen atoms in total. The van der Waals surface area contributed by atoms with Crippen molar-refractivity contribution in [3.8, 4) is 0 Å². The van der Waals surface area contributed by atoms with Crippen LogP contribution in [0.3, 0.4) is 0 Å². The van der Waals surface area contributed by atoms with E-state index in [1.165, 1.54) is 4.88 Å². The Labute approximate surface area is 106 Å². The molecule has 17 heavy (non-hydrogen) atoms. The maximum Gasteiger partial charge on any atom is 0.0897 e. The number of hydrogen-bond donors (Lipinski definition) is 1. The normalized spacial score (nSPS) is 14.8. The lowest BCUT2D eigenvalue weighted by Crippen LogP contribution is -2.33. The molecule has 0 saturated heterocycles. The smallest absolute Gasteiger partial charge is 0.0897 e. The predicted octanol–water partition coefficient (Wildman–Crippen LogP) is 2.39. The molecule has 2 heterocycles. The van der Waals surface area contributed by atoms with E-state index in [4.69, 9.17) is 0 Å². The minimum atomic E-state index is 0.346. The molecule has 0 fully saturated rings. The minimum absolute atomic E-state index is 0.346. The average Bonchev–Trinajstić information content (AvgIpc) is 2.95. The largest absolute Gasteiger partial charge is 0.307 e. The first-order valence-corrected chi connectivity index (χ1v) is 6.62. The third-order valence-electron chi connectivity index (χ3n) is 2.93. The lowest BCUT2D eigenvalue weighted by atomic mass is 10.2. The summed E-state index contributed by atoms with van der Waals surface area (Å²) in [5, 5.41) is 8.89. The molecule has 1 N–H and O–H groups in total. The Kier molecular flexibility index (Phi) is 3.91. The Morgan fingerprint density at radius 1 is 1.47 bits per heavy atom. The molecule has 5 heteroatoms. The summed E-state index contributed by atoms with van der Waals surface area (Å²) in [4.78, 5) is 5.53. The predicted molar refractivity (Wildman–Crippen MR) is 70.1 cm³/mol. The van der Waals surface area contributed by atoms with Gasteiger partial charge in [0.25, 0.3) is 0 Å². The van der Waals surface area contributed by atoms with Crippen LogP contribution in [0.4, 0.5) is 0 Å². The van der Waals surface area contributed by atoms with Gasteiger partial charge >= 0.3 is 0 Å². The van der Waals surface area contributed by atoms with Gasteiger partial charge in [0.1, 0.15) is 0 Å². The fraction of sp³-hybridized carbons (Fsp3) is 0.500. The van der Waals surface area contributed by atoms with E-state index in [0.717, 1.165) is 11.6 Å². The number of thiazole rings is 1. The Morgan fingerprint density at radius 2 is 2.29 bits per heavy atom. The van der Waals surface area contributed by atoms with Crippen LogP contribution in [0, 0.1) is 6.92 Å². The van der Waals surface area contributed by atoms with Crippen LogP contribution in [0.1, 0.15) is 29.8 Å². The number of aryl methyl sites for hydroxylation is 1. The number of hydrogen-bond acceptors (Lipinski definition) is 4. The van der Waals surface area contributed by atoms with Crippen molar-refractivity contribution in [2.45, 2.75) is 39.4 Å². The van der Waals surface area contributed by atoms with Crippen LogP contribution in [0.2, 0.25) is 0 Å². The van der Waals surface area contributed by atoms with E-state index < -0.39 is 0 Å². The summed E-state index contributed by atoms with van der Waals surface area (Å²) in [6.07, 6.45) is 5.76. The second-order valence-corrected chi connectivity index (χ2v) is 5.56. The highest BCUT2D eigenvalue weighted by Gasteiger charge is 2.13. The molecular weight excluding hydrogens is 232 g/mol. The van der Waals surface area contributed by atoms with Gasteiger partial charge in [0, 0.05) is 36.1 Å². The van der Waals surface area contributed by atoms with Gasteiger partial charge in [0.2, 0.25) is 0 Å². The van der Waals surface area contributed by atoms with E-state index in [0.29, 0.717) is 12.1 Å². The third-order valence-corrected chi connectivity index (χ3v) is 3.85. The van der Waals surface area contributed by atoms with Crippen molar-refractivity contribution < 1.29 is 0 Å². The molecular formula is C12H18N4S. The van der Waals surface area contributed by atoms with E-state index in [-0.39, 0.29) is 0 Å². The van der Waals surface area contributed by atoms with Gasteiger partial charge in [-0.1, -0.05) is 0 Å². The van der Waals surface area contributed by atoms with Gasteiger partial charge in [0.15, 0.2) is 0 Å². The lowest BCUT2D eigenvalue weighted by Gasteiger charge is -2.21. The monoisotopic (exact) mass is 250 g/mol. The van der Waals surface area contributed by atoms with Crippen LogP contribution >= 0.6 is 11.3 Å². The Balaban J connectivity index is 1.87. The summed E-state index contributed by atoms with van der Waals surface area (Å²) in [7, 11) is 0. The molecule has 0 spiro atoms. The molecule has 2 aromatic rings. The number of nitrogens with one attached hydrogen (secondary N) is 1. The number of rotatable bonds is 5. The van der Waals surface area contributed by atoms with Gasteiger partial charge in [0.05, 0.1) is 11.0 Å². The first kappa shape index (κ1) is 12.3. The first-order valence-electron chi connectivity index (χ1n) is 5.80. The van der Waals surface area contributed by atoms with Gasteiger partial charge in [-0.05, 0) is 26.8 Å². The maximum atomic E-state index is 4.26. The van der Waals surface area contributed by atoms with Crippen LogP contribution < -0.4 is 5.32 Å². The van der Waals surface area contributed by atoms with E-state index in [1.54, 1.807) is 11.3 Å². The molecule has 0 aliphatic rings. The van der Waals surface area contributed by atoms with Crippen molar-refractivity contribution in [3.05, 3.63) is 34.5 Å². The molecule has 0 saturated carbocycles. The van der Waals surface area contributed by atoms with Crippen molar-refractivity contribution in [3.63, 3.8) is 0 Å². The molecule has 0 aliphatic heterocycles. The summed E-state index contributed by atoms with van der Waals surface area (Å²) in [5.41, 5.74) is 0. The van der Waals surface area contributed by atoms with Crippen molar-refractivity contribution in [2.75, 3.05) is 0 Å². The van der Waals surface area contributed by atoms with Gasteiger partial charge in [-0.15, -0.1) is 11.3 Å². The molecule has 0 aliphatic carbocycles.